The Morgan fingerprint density at radius 1 is 1.00 bits per heavy atom. The Hall–Kier alpha value is -2.03. The number of nitrogens with zero attached hydrogens (tertiary/aromatic N) is 1. The van der Waals surface area contributed by atoms with Crippen LogP contribution in [0.5, 0.6) is 0 Å². The molecule has 0 bridgehead atoms. The summed E-state index contributed by atoms with van der Waals surface area (Å²) >= 11 is 0. The fourth-order valence-corrected chi connectivity index (χ4v) is 1.97. The Bertz CT molecular complexity index is 552. The van der Waals surface area contributed by atoms with Gasteiger partial charge in [0.15, 0.2) is 5.78 Å². The van der Waals surface area contributed by atoms with Crippen molar-refractivity contribution in [2.75, 3.05) is 0 Å². The third-order valence-electron chi connectivity index (χ3n) is 2.71. The lowest BCUT2D eigenvalue weighted by Gasteiger charge is -2.14. The molecule has 0 aromatic heterocycles. The van der Waals surface area contributed by atoms with Gasteiger partial charge in [0.1, 0.15) is 5.70 Å². The first-order valence-electron chi connectivity index (χ1n) is 4.73. The van der Waals surface area contributed by atoms with Gasteiger partial charge in [-0.15, -0.1) is 0 Å². The molecule has 0 saturated heterocycles. The summed E-state index contributed by atoms with van der Waals surface area (Å²) in [6.45, 7) is 0. The molecule has 0 spiro atoms. The largest absolute Gasteiger partial charge is 0.289 e. The highest BCUT2D eigenvalue weighted by Gasteiger charge is 2.32. The zero-order valence-electron chi connectivity index (χ0n) is 7.86. The number of allylic oxidation sites excluding steroid dienone is 2. The van der Waals surface area contributed by atoms with Gasteiger partial charge in [-0.1, -0.05) is 24.3 Å². The molecule has 0 saturated carbocycles. The van der Waals surface area contributed by atoms with Gasteiger partial charge in [0.25, 0.3) is 0 Å². The molecule has 0 unspecified atom stereocenters. The average Bonchev–Trinajstić information content (AvgIpc) is 2.75. The van der Waals surface area contributed by atoms with E-state index in [1.165, 1.54) is 0 Å². The Kier molecular flexibility index (Phi) is 1.51. The van der Waals surface area contributed by atoms with Crippen LogP contribution in [0, 0.1) is 0 Å². The standard InChI is InChI=1S/C12H7NO2/c14-11-7-3-1-2-4-8(7)12(15)10-9(11)5-6-13-10/h1-4,6H,5H2. The lowest BCUT2D eigenvalue weighted by Crippen LogP contribution is -2.19. The number of rotatable bonds is 0. The minimum Gasteiger partial charge on any atom is -0.289 e. The highest BCUT2D eigenvalue weighted by molar-refractivity contribution is 6.28. The van der Waals surface area contributed by atoms with Crippen molar-refractivity contribution < 1.29 is 9.59 Å². The maximum absolute atomic E-state index is 12.0. The molecule has 1 aromatic rings. The van der Waals surface area contributed by atoms with Crippen molar-refractivity contribution in [1.82, 2.24) is 0 Å². The van der Waals surface area contributed by atoms with Crippen LogP contribution in [0.15, 0.2) is 40.5 Å². The maximum atomic E-state index is 12.0. The number of hydrogen-bond donors (Lipinski definition) is 0. The van der Waals surface area contributed by atoms with Crippen LogP contribution in [0.1, 0.15) is 27.1 Å². The van der Waals surface area contributed by atoms with Crippen LogP contribution in [-0.2, 0) is 0 Å². The third-order valence-corrected chi connectivity index (χ3v) is 2.71. The van der Waals surface area contributed by atoms with E-state index in [2.05, 4.69) is 4.99 Å². The zero-order chi connectivity index (χ0) is 10.4. The molecular formula is C12H7NO2. The Labute approximate surface area is 86.1 Å². The lowest BCUT2D eigenvalue weighted by atomic mass is 9.87. The van der Waals surface area contributed by atoms with Gasteiger partial charge in [0.05, 0.1) is 0 Å². The van der Waals surface area contributed by atoms with Crippen LogP contribution < -0.4 is 0 Å². The van der Waals surface area contributed by atoms with E-state index < -0.39 is 0 Å². The molecule has 0 N–H and O–H groups in total. The first-order valence-corrected chi connectivity index (χ1v) is 4.73. The molecule has 1 aliphatic carbocycles. The molecule has 3 heteroatoms. The Morgan fingerprint density at radius 2 is 1.67 bits per heavy atom. The van der Waals surface area contributed by atoms with Crippen LogP contribution in [-0.4, -0.2) is 17.8 Å². The molecule has 0 amide bonds. The smallest absolute Gasteiger partial charge is 0.212 e. The molecule has 1 aromatic carbocycles. The van der Waals surface area contributed by atoms with Gasteiger partial charge in [-0.05, 0) is 0 Å². The van der Waals surface area contributed by atoms with E-state index in [1.54, 1.807) is 30.5 Å². The van der Waals surface area contributed by atoms with E-state index in [4.69, 9.17) is 0 Å². The second-order valence-corrected chi connectivity index (χ2v) is 3.55. The SMILES string of the molecule is O=C1C2=C(N=CC2)C(=O)c2ccccc21. The monoisotopic (exact) mass is 197 g/mol. The number of ketones is 2. The predicted octanol–water partition coefficient (Wildman–Crippen LogP) is 1.79. The Balaban J connectivity index is 2.29. The first-order chi connectivity index (χ1) is 7.29. The van der Waals surface area contributed by atoms with Crippen molar-refractivity contribution >= 4 is 17.8 Å². The molecule has 3 nitrogen and oxygen atoms in total. The van der Waals surface area contributed by atoms with Gasteiger partial charge in [0, 0.05) is 29.3 Å². The second kappa shape index (κ2) is 2.73. The lowest BCUT2D eigenvalue weighted by molar-refractivity contribution is 0.0974. The summed E-state index contributed by atoms with van der Waals surface area (Å²) < 4.78 is 0. The average molecular weight is 197 g/mol. The van der Waals surface area contributed by atoms with E-state index in [9.17, 15) is 9.59 Å². The molecule has 72 valence electrons. The normalized spacial score (nSPS) is 18.1. The minimum absolute atomic E-state index is 0.0577. The molecule has 0 fully saturated rings. The maximum Gasteiger partial charge on any atom is 0.212 e. The van der Waals surface area contributed by atoms with Crippen LogP contribution in [0.3, 0.4) is 0 Å². The van der Waals surface area contributed by atoms with Crippen LogP contribution in [0.2, 0.25) is 0 Å². The first kappa shape index (κ1) is 8.29. The van der Waals surface area contributed by atoms with Crippen molar-refractivity contribution in [2.45, 2.75) is 6.42 Å². The number of Topliss-reactive ketones (excluding diaryl/α,β-unsaturated/α-hetero) is 2. The van der Waals surface area contributed by atoms with Gasteiger partial charge in [-0.3, -0.25) is 14.6 Å². The molecule has 0 radical (unpaired) electrons. The molecule has 1 aliphatic heterocycles. The van der Waals surface area contributed by atoms with E-state index >= 15 is 0 Å². The number of carbonyl (C=O) groups excluding carboxylic acids is 2. The van der Waals surface area contributed by atoms with Crippen LogP contribution in [0.25, 0.3) is 0 Å². The summed E-state index contributed by atoms with van der Waals surface area (Å²) in [5, 5.41) is 0. The number of hydrogen-bond acceptors (Lipinski definition) is 3. The highest BCUT2D eigenvalue weighted by Crippen LogP contribution is 2.30. The van der Waals surface area contributed by atoms with Crippen LogP contribution in [0.4, 0.5) is 0 Å². The van der Waals surface area contributed by atoms with Gasteiger partial charge < -0.3 is 0 Å². The van der Waals surface area contributed by atoms with E-state index in [0.717, 1.165) is 0 Å². The van der Waals surface area contributed by atoms with Crippen LogP contribution >= 0.6 is 0 Å². The summed E-state index contributed by atoms with van der Waals surface area (Å²) in [7, 11) is 0. The fourth-order valence-electron chi connectivity index (χ4n) is 1.97. The van der Waals surface area contributed by atoms with Crippen molar-refractivity contribution in [3.63, 3.8) is 0 Å². The Morgan fingerprint density at radius 3 is 2.40 bits per heavy atom. The van der Waals surface area contributed by atoms with Crippen molar-refractivity contribution in [2.24, 2.45) is 4.99 Å². The van der Waals surface area contributed by atoms with Crippen molar-refractivity contribution in [1.29, 1.82) is 0 Å². The van der Waals surface area contributed by atoms with Gasteiger partial charge in [-0.25, -0.2) is 0 Å². The molecule has 0 atom stereocenters. The van der Waals surface area contributed by atoms with E-state index in [0.29, 0.717) is 28.8 Å². The van der Waals surface area contributed by atoms with Crippen molar-refractivity contribution in [3.05, 3.63) is 46.7 Å². The number of fused-ring (bicyclic) bond motifs is 1. The quantitative estimate of drug-likeness (QED) is 0.636. The summed E-state index contributed by atoms with van der Waals surface area (Å²) in [4.78, 5) is 27.8. The molecular weight excluding hydrogens is 190 g/mol. The molecule has 3 rings (SSSR count). The fraction of sp³-hybridized carbons (Fsp3) is 0.0833. The summed E-state index contributed by atoms with van der Waals surface area (Å²) in [5.41, 5.74) is 1.85. The van der Waals surface area contributed by atoms with Gasteiger partial charge >= 0.3 is 0 Å². The third kappa shape index (κ3) is 0.973. The van der Waals surface area contributed by atoms with E-state index in [-0.39, 0.29) is 11.6 Å². The number of carbonyl (C=O) groups is 2. The second-order valence-electron chi connectivity index (χ2n) is 3.55. The molecule has 1 heterocycles. The summed E-state index contributed by atoms with van der Waals surface area (Å²) in [5.74, 6) is -0.188. The van der Waals surface area contributed by atoms with Gasteiger partial charge in [0.2, 0.25) is 5.78 Å². The molecule has 2 aliphatic rings. The van der Waals surface area contributed by atoms with Crippen molar-refractivity contribution in [3.8, 4) is 0 Å². The minimum atomic E-state index is -0.131. The highest BCUT2D eigenvalue weighted by atomic mass is 16.1. The van der Waals surface area contributed by atoms with E-state index in [1.807, 2.05) is 0 Å². The zero-order valence-corrected chi connectivity index (χ0v) is 7.86. The summed E-state index contributed by atoms with van der Waals surface area (Å²) in [6.07, 6.45) is 2.10. The number of benzene rings is 1. The number of aliphatic imine (C=N–C) groups is 1. The molecule has 15 heavy (non-hydrogen) atoms. The van der Waals surface area contributed by atoms with Gasteiger partial charge in [-0.2, -0.15) is 0 Å². The topological polar surface area (TPSA) is 46.5 Å². The summed E-state index contributed by atoms with van der Waals surface area (Å²) in [6, 6.07) is 6.89. The predicted molar refractivity (Wildman–Crippen MR) is 55.2 cm³/mol.